The quantitative estimate of drug-likeness (QED) is 0.0637. The van der Waals surface area contributed by atoms with E-state index in [4.69, 9.17) is 4.74 Å². The number of aliphatic hydroxyl groups is 2. The summed E-state index contributed by atoms with van der Waals surface area (Å²) in [5, 5.41) is 28.0. The highest BCUT2D eigenvalue weighted by Gasteiger charge is 2.27. The van der Waals surface area contributed by atoms with Gasteiger partial charge >= 0.3 is 0 Å². The molecule has 0 spiro atoms. The van der Waals surface area contributed by atoms with E-state index in [0.717, 1.165) is 69.5 Å². The number of amides is 2. The summed E-state index contributed by atoms with van der Waals surface area (Å²) in [4.78, 5) is 29.7. The SMILES string of the molecule is CCCCCCCCCCC(=O)NC(CN1CCCC1)C(O)c1ccccc1.CCCCCCCCCCC(=O)NC(CN1CCOCC1)C(O)c1ccccc1. The maximum Gasteiger partial charge on any atom is 0.220 e. The fraction of sp³-hybridized carbons (Fsp3) is 0.708. The monoisotopic (exact) mass is 793 g/mol. The largest absolute Gasteiger partial charge is 0.386 e. The van der Waals surface area contributed by atoms with Gasteiger partial charge in [-0.05, 0) is 49.9 Å². The van der Waals surface area contributed by atoms with E-state index in [2.05, 4.69) is 34.3 Å². The summed E-state index contributed by atoms with van der Waals surface area (Å²) in [5.41, 5.74) is 1.72. The summed E-state index contributed by atoms with van der Waals surface area (Å²) >= 11 is 0. The van der Waals surface area contributed by atoms with Gasteiger partial charge in [0.15, 0.2) is 0 Å². The highest BCUT2D eigenvalue weighted by molar-refractivity contribution is 5.76. The van der Waals surface area contributed by atoms with Crippen molar-refractivity contribution >= 4 is 11.8 Å². The summed E-state index contributed by atoms with van der Waals surface area (Å²) in [5.74, 6) is 0.120. The molecule has 4 rings (SSSR count). The summed E-state index contributed by atoms with van der Waals surface area (Å²) in [6.45, 7) is 11.1. The van der Waals surface area contributed by atoms with Crippen LogP contribution >= 0.6 is 0 Å². The standard InChI is InChI=1S/C24H40N2O3.C24H40N2O2/c1-2-3-4-5-6-7-8-12-15-23(27)25-22(20-26-16-18-29-19-17-26)24(28)21-13-10-9-11-14-21;1-2-3-4-5-6-7-8-12-17-23(27)25-22(20-26-18-13-14-19-26)24(28)21-15-10-9-11-16-21/h9-11,13-14,22,24,28H,2-8,12,15-20H2,1H3,(H,25,27);9-11,15-16,22,24,28H,2-8,12-14,17-20H2,1H3,(H,25,27). The fourth-order valence-electron chi connectivity index (χ4n) is 7.92. The zero-order valence-corrected chi connectivity index (χ0v) is 35.9. The zero-order chi connectivity index (χ0) is 40.8. The van der Waals surface area contributed by atoms with E-state index < -0.39 is 12.2 Å². The van der Waals surface area contributed by atoms with Crippen LogP contribution in [-0.2, 0) is 14.3 Å². The Bertz CT molecular complexity index is 1270. The Morgan fingerprint density at radius 1 is 0.544 bits per heavy atom. The van der Waals surface area contributed by atoms with Crippen LogP contribution in [-0.4, -0.2) is 96.4 Å². The van der Waals surface area contributed by atoms with Crippen molar-refractivity contribution in [1.29, 1.82) is 0 Å². The molecule has 2 heterocycles. The topological polar surface area (TPSA) is 114 Å². The van der Waals surface area contributed by atoms with Gasteiger partial charge in [-0.25, -0.2) is 0 Å². The van der Waals surface area contributed by atoms with Crippen molar-refractivity contribution in [2.75, 3.05) is 52.5 Å². The van der Waals surface area contributed by atoms with E-state index in [9.17, 15) is 19.8 Å². The Balaban J connectivity index is 0.000000306. The van der Waals surface area contributed by atoms with Crippen molar-refractivity contribution in [3.63, 3.8) is 0 Å². The lowest BCUT2D eigenvalue weighted by Crippen LogP contribution is -2.49. The molecule has 2 aromatic carbocycles. The van der Waals surface area contributed by atoms with Gasteiger partial charge in [-0.1, -0.05) is 164 Å². The van der Waals surface area contributed by atoms with Gasteiger partial charge in [0.05, 0.1) is 25.3 Å². The number of carbonyl (C=O) groups is 2. The van der Waals surface area contributed by atoms with Crippen LogP contribution in [0.15, 0.2) is 60.7 Å². The maximum absolute atomic E-state index is 12.5. The molecule has 2 aliphatic heterocycles. The third kappa shape index (κ3) is 21.7. The molecule has 4 atom stereocenters. The Morgan fingerprint density at radius 3 is 1.28 bits per heavy atom. The number of likely N-dealkylation sites (tertiary alicyclic amines) is 1. The first-order chi connectivity index (χ1) is 27.9. The van der Waals surface area contributed by atoms with Crippen LogP contribution in [0.3, 0.4) is 0 Å². The van der Waals surface area contributed by atoms with E-state index in [1.54, 1.807) is 0 Å². The number of hydrogen-bond acceptors (Lipinski definition) is 7. The summed E-state index contributed by atoms with van der Waals surface area (Å²) in [6, 6.07) is 18.8. The highest BCUT2D eigenvalue weighted by atomic mass is 16.5. The highest BCUT2D eigenvalue weighted by Crippen LogP contribution is 2.21. The van der Waals surface area contributed by atoms with Crippen LogP contribution in [0, 0.1) is 0 Å². The van der Waals surface area contributed by atoms with E-state index in [1.165, 1.54) is 89.9 Å². The van der Waals surface area contributed by atoms with Gasteiger partial charge < -0.3 is 30.5 Å². The number of ether oxygens (including phenoxy) is 1. The third-order valence-electron chi connectivity index (χ3n) is 11.5. The second-order valence-electron chi connectivity index (χ2n) is 16.4. The molecule has 2 aliphatic rings. The second-order valence-corrected chi connectivity index (χ2v) is 16.4. The molecule has 0 saturated carbocycles. The average molecular weight is 793 g/mol. The molecule has 4 unspecified atom stereocenters. The minimum atomic E-state index is -0.707. The van der Waals surface area contributed by atoms with Gasteiger partial charge in [0, 0.05) is 39.0 Å². The molecule has 0 aromatic heterocycles. The first-order valence-electron chi connectivity index (χ1n) is 23.0. The summed E-state index contributed by atoms with van der Waals surface area (Å²) in [6.07, 6.45) is 21.8. The van der Waals surface area contributed by atoms with Gasteiger partial charge in [-0.2, -0.15) is 0 Å². The van der Waals surface area contributed by atoms with E-state index in [-0.39, 0.29) is 23.9 Å². The Hall–Kier alpha value is -2.82. The predicted octanol–water partition coefficient (Wildman–Crippen LogP) is 8.90. The normalized spacial score (nSPS) is 16.9. The number of benzene rings is 2. The number of morpholine rings is 1. The Kier molecular flexibility index (Phi) is 26.5. The molecule has 322 valence electrons. The van der Waals surface area contributed by atoms with Gasteiger partial charge in [-0.3, -0.25) is 14.5 Å². The number of nitrogens with one attached hydrogen (secondary N) is 2. The van der Waals surface area contributed by atoms with Crippen LogP contribution < -0.4 is 10.6 Å². The first kappa shape index (κ1) is 48.5. The molecule has 2 amide bonds. The Labute approximate surface area is 346 Å². The van der Waals surface area contributed by atoms with Crippen molar-refractivity contribution < 1.29 is 24.5 Å². The van der Waals surface area contributed by atoms with Crippen molar-refractivity contribution in [3.05, 3.63) is 71.8 Å². The molecule has 4 N–H and O–H groups in total. The average Bonchev–Trinajstić information content (AvgIpc) is 3.76. The molecular weight excluding hydrogens is 713 g/mol. The lowest BCUT2D eigenvalue weighted by atomic mass is 10.0. The van der Waals surface area contributed by atoms with Crippen LogP contribution in [0.4, 0.5) is 0 Å². The van der Waals surface area contributed by atoms with Crippen LogP contribution in [0.5, 0.6) is 0 Å². The maximum atomic E-state index is 12.5. The molecule has 0 radical (unpaired) electrons. The number of nitrogens with zero attached hydrogens (tertiary/aromatic N) is 2. The van der Waals surface area contributed by atoms with Crippen molar-refractivity contribution in [1.82, 2.24) is 20.4 Å². The van der Waals surface area contributed by atoms with Crippen LogP contribution in [0.1, 0.15) is 166 Å². The van der Waals surface area contributed by atoms with Gasteiger partial charge in [-0.15, -0.1) is 0 Å². The molecule has 9 heteroatoms. The molecule has 2 fully saturated rings. The molecule has 57 heavy (non-hydrogen) atoms. The number of hydrogen-bond donors (Lipinski definition) is 4. The number of unbranched alkanes of at least 4 members (excludes halogenated alkanes) is 14. The fourth-order valence-corrected chi connectivity index (χ4v) is 7.92. The zero-order valence-electron chi connectivity index (χ0n) is 35.9. The van der Waals surface area contributed by atoms with Crippen molar-refractivity contribution in [3.8, 4) is 0 Å². The van der Waals surface area contributed by atoms with E-state index in [0.29, 0.717) is 32.6 Å². The van der Waals surface area contributed by atoms with Crippen LogP contribution in [0.25, 0.3) is 0 Å². The lowest BCUT2D eigenvalue weighted by Gasteiger charge is -2.33. The van der Waals surface area contributed by atoms with Gasteiger partial charge in [0.1, 0.15) is 12.2 Å². The van der Waals surface area contributed by atoms with Gasteiger partial charge in [0.2, 0.25) is 11.8 Å². The smallest absolute Gasteiger partial charge is 0.220 e. The molecule has 9 nitrogen and oxygen atoms in total. The minimum Gasteiger partial charge on any atom is -0.386 e. The molecule has 0 aliphatic carbocycles. The molecule has 2 saturated heterocycles. The molecular formula is C48H80N4O5. The molecule has 0 bridgehead atoms. The van der Waals surface area contributed by atoms with E-state index >= 15 is 0 Å². The predicted molar refractivity (Wildman–Crippen MR) is 234 cm³/mol. The van der Waals surface area contributed by atoms with E-state index in [1.807, 2.05) is 60.7 Å². The summed E-state index contributed by atoms with van der Waals surface area (Å²) < 4.78 is 5.42. The van der Waals surface area contributed by atoms with Gasteiger partial charge in [0.25, 0.3) is 0 Å². The number of aliphatic hydroxyl groups excluding tert-OH is 2. The Morgan fingerprint density at radius 2 is 0.895 bits per heavy atom. The van der Waals surface area contributed by atoms with Crippen molar-refractivity contribution in [2.24, 2.45) is 0 Å². The van der Waals surface area contributed by atoms with Crippen molar-refractivity contribution in [2.45, 2.75) is 167 Å². The minimum absolute atomic E-state index is 0.0456. The second kappa shape index (κ2) is 31.1. The summed E-state index contributed by atoms with van der Waals surface area (Å²) in [7, 11) is 0. The number of carbonyl (C=O) groups excluding carboxylic acids is 2. The third-order valence-corrected chi connectivity index (χ3v) is 11.5. The first-order valence-corrected chi connectivity index (χ1v) is 23.0. The van der Waals surface area contributed by atoms with Crippen LogP contribution in [0.2, 0.25) is 0 Å². The lowest BCUT2D eigenvalue weighted by molar-refractivity contribution is -0.123. The molecule has 2 aromatic rings. The number of rotatable bonds is 28.